The number of aryl methyl sites for hydroxylation is 2. The van der Waals surface area contributed by atoms with Crippen LogP contribution in [0.3, 0.4) is 0 Å². The van der Waals surface area contributed by atoms with Crippen LogP contribution in [-0.2, 0) is 22.6 Å². The maximum Gasteiger partial charge on any atom is 0.242 e. The summed E-state index contributed by atoms with van der Waals surface area (Å²) >= 11 is 0. The van der Waals surface area contributed by atoms with Crippen molar-refractivity contribution in [2.24, 2.45) is 0 Å². The van der Waals surface area contributed by atoms with Gasteiger partial charge in [-0.25, -0.2) is 4.39 Å². The van der Waals surface area contributed by atoms with Gasteiger partial charge in [0.2, 0.25) is 11.8 Å². The third-order valence-corrected chi connectivity index (χ3v) is 4.89. The fourth-order valence-electron chi connectivity index (χ4n) is 3.06. The molecule has 2 aromatic carbocycles. The van der Waals surface area contributed by atoms with Gasteiger partial charge >= 0.3 is 0 Å². The van der Waals surface area contributed by atoms with Gasteiger partial charge in [-0.3, -0.25) is 9.59 Å². The molecular formula is C24H31FN2O2. The number of amides is 2. The normalized spacial score (nSPS) is 12.4. The van der Waals surface area contributed by atoms with E-state index < -0.39 is 11.6 Å². The summed E-state index contributed by atoms with van der Waals surface area (Å²) in [6.07, 6.45) is 0.155. The topological polar surface area (TPSA) is 49.4 Å². The Morgan fingerprint density at radius 1 is 1.07 bits per heavy atom. The quantitative estimate of drug-likeness (QED) is 0.788. The first-order valence-electron chi connectivity index (χ1n) is 9.89. The van der Waals surface area contributed by atoms with Crippen molar-refractivity contribution in [1.82, 2.24) is 10.2 Å². The van der Waals surface area contributed by atoms with Gasteiger partial charge in [-0.2, -0.15) is 0 Å². The minimum Gasteiger partial charge on any atom is -0.350 e. The van der Waals surface area contributed by atoms with E-state index in [1.54, 1.807) is 25.1 Å². The van der Waals surface area contributed by atoms with Crippen LogP contribution in [0.2, 0.25) is 0 Å². The summed E-state index contributed by atoms with van der Waals surface area (Å²) < 4.78 is 14.2. The van der Waals surface area contributed by atoms with E-state index in [0.717, 1.165) is 16.7 Å². The highest BCUT2D eigenvalue weighted by atomic mass is 19.1. The summed E-state index contributed by atoms with van der Waals surface area (Å²) in [5.74, 6) is -0.866. The van der Waals surface area contributed by atoms with E-state index in [0.29, 0.717) is 5.56 Å². The number of nitrogens with zero attached hydrogens (tertiary/aromatic N) is 1. The lowest BCUT2D eigenvalue weighted by Crippen LogP contribution is -2.52. The van der Waals surface area contributed by atoms with Crippen LogP contribution in [0.1, 0.15) is 49.9 Å². The fraction of sp³-hybridized carbons (Fsp3) is 0.417. The van der Waals surface area contributed by atoms with Gasteiger partial charge in [0.25, 0.3) is 0 Å². The van der Waals surface area contributed by atoms with Gasteiger partial charge in [-0.15, -0.1) is 0 Å². The Morgan fingerprint density at radius 3 is 2.31 bits per heavy atom. The standard InChI is InChI=1S/C24H31FN2O2/c1-16-11-12-19(13-17(16)2)14-22(28)27(15-20-9-7-8-10-21(20)25)18(3)23(29)26-24(4,5)6/h7-13,18H,14-15H2,1-6H3,(H,26,29). The van der Waals surface area contributed by atoms with E-state index in [1.807, 2.05) is 52.8 Å². The van der Waals surface area contributed by atoms with Crippen LogP contribution in [-0.4, -0.2) is 28.3 Å². The van der Waals surface area contributed by atoms with Crippen LogP contribution >= 0.6 is 0 Å². The molecule has 0 aromatic heterocycles. The number of benzene rings is 2. The minimum absolute atomic E-state index is 0.0368. The first-order valence-corrected chi connectivity index (χ1v) is 9.89. The van der Waals surface area contributed by atoms with E-state index in [2.05, 4.69) is 5.32 Å². The number of carbonyl (C=O) groups excluding carboxylic acids is 2. The molecule has 0 fully saturated rings. The first-order chi connectivity index (χ1) is 13.5. The molecule has 29 heavy (non-hydrogen) atoms. The number of halogens is 1. The second-order valence-electron chi connectivity index (χ2n) is 8.62. The molecule has 0 aliphatic carbocycles. The van der Waals surface area contributed by atoms with E-state index in [4.69, 9.17) is 0 Å². The van der Waals surface area contributed by atoms with Crippen LogP contribution in [0.5, 0.6) is 0 Å². The molecule has 0 aliphatic heterocycles. The summed E-state index contributed by atoms with van der Waals surface area (Å²) in [7, 11) is 0. The zero-order valence-electron chi connectivity index (χ0n) is 18.2. The Balaban J connectivity index is 2.29. The van der Waals surface area contributed by atoms with Gasteiger partial charge in [-0.1, -0.05) is 36.4 Å². The van der Waals surface area contributed by atoms with Crippen molar-refractivity contribution in [3.63, 3.8) is 0 Å². The molecule has 5 heteroatoms. The summed E-state index contributed by atoms with van der Waals surface area (Å²) in [6, 6.07) is 11.5. The van der Waals surface area contributed by atoms with E-state index in [1.165, 1.54) is 11.0 Å². The Morgan fingerprint density at radius 2 is 1.72 bits per heavy atom. The van der Waals surface area contributed by atoms with Gasteiger partial charge in [0.05, 0.1) is 6.42 Å². The zero-order valence-corrected chi connectivity index (χ0v) is 18.2. The molecule has 0 bridgehead atoms. The van der Waals surface area contributed by atoms with Crippen LogP contribution in [0.15, 0.2) is 42.5 Å². The summed E-state index contributed by atoms with van der Waals surface area (Å²) in [5.41, 5.74) is 3.10. The van der Waals surface area contributed by atoms with Gasteiger partial charge in [0.1, 0.15) is 11.9 Å². The summed E-state index contributed by atoms with van der Waals surface area (Å²) in [6.45, 7) is 11.4. The molecule has 1 atom stereocenters. The van der Waals surface area contributed by atoms with Gasteiger partial charge in [0.15, 0.2) is 0 Å². The van der Waals surface area contributed by atoms with Crippen molar-refractivity contribution >= 4 is 11.8 Å². The lowest BCUT2D eigenvalue weighted by molar-refractivity contribution is -0.140. The third-order valence-electron chi connectivity index (χ3n) is 4.89. The number of nitrogens with one attached hydrogen (secondary N) is 1. The van der Waals surface area contributed by atoms with E-state index in [-0.39, 0.29) is 30.6 Å². The van der Waals surface area contributed by atoms with Crippen molar-refractivity contribution in [1.29, 1.82) is 0 Å². The van der Waals surface area contributed by atoms with Crippen LogP contribution < -0.4 is 5.32 Å². The molecule has 1 N–H and O–H groups in total. The van der Waals surface area contributed by atoms with Gasteiger partial charge < -0.3 is 10.2 Å². The molecule has 156 valence electrons. The van der Waals surface area contributed by atoms with Crippen LogP contribution in [0.4, 0.5) is 4.39 Å². The maximum atomic E-state index is 14.2. The Labute approximate surface area is 173 Å². The van der Waals surface area contributed by atoms with Crippen molar-refractivity contribution < 1.29 is 14.0 Å². The second-order valence-corrected chi connectivity index (χ2v) is 8.62. The molecule has 0 heterocycles. The highest BCUT2D eigenvalue weighted by Crippen LogP contribution is 2.17. The Kier molecular flexibility index (Phi) is 7.17. The highest BCUT2D eigenvalue weighted by Gasteiger charge is 2.29. The SMILES string of the molecule is Cc1ccc(CC(=O)N(Cc2ccccc2F)C(C)C(=O)NC(C)(C)C)cc1C. The monoisotopic (exact) mass is 398 g/mol. The molecule has 2 aromatic rings. The molecule has 0 aliphatic rings. The predicted molar refractivity (Wildman–Crippen MR) is 114 cm³/mol. The van der Waals surface area contributed by atoms with Gasteiger partial charge in [-0.05, 0) is 64.3 Å². The number of carbonyl (C=O) groups is 2. The number of hydrogen-bond donors (Lipinski definition) is 1. The number of hydrogen-bond acceptors (Lipinski definition) is 2. The van der Waals surface area contributed by atoms with Crippen LogP contribution in [0.25, 0.3) is 0 Å². The average molecular weight is 399 g/mol. The predicted octanol–water partition coefficient (Wildman–Crippen LogP) is 4.32. The molecule has 0 saturated heterocycles. The molecule has 2 amide bonds. The van der Waals surface area contributed by atoms with Crippen molar-refractivity contribution in [3.8, 4) is 0 Å². The Hall–Kier alpha value is -2.69. The van der Waals surface area contributed by atoms with Crippen molar-refractivity contribution in [2.45, 2.75) is 66.1 Å². The van der Waals surface area contributed by atoms with E-state index in [9.17, 15) is 14.0 Å². The molecule has 0 spiro atoms. The van der Waals surface area contributed by atoms with Crippen LogP contribution in [0, 0.1) is 19.7 Å². The van der Waals surface area contributed by atoms with Gasteiger partial charge in [0, 0.05) is 17.6 Å². The van der Waals surface area contributed by atoms with Crippen molar-refractivity contribution in [3.05, 3.63) is 70.5 Å². The molecule has 1 unspecified atom stereocenters. The second kappa shape index (κ2) is 9.21. The molecule has 4 nitrogen and oxygen atoms in total. The molecular weight excluding hydrogens is 367 g/mol. The first kappa shape index (κ1) is 22.6. The summed E-state index contributed by atoms with van der Waals surface area (Å²) in [4.78, 5) is 27.3. The largest absolute Gasteiger partial charge is 0.350 e. The molecule has 0 radical (unpaired) electrons. The summed E-state index contributed by atoms with van der Waals surface area (Å²) in [5, 5.41) is 2.91. The average Bonchev–Trinajstić information content (AvgIpc) is 2.62. The maximum absolute atomic E-state index is 14.2. The smallest absolute Gasteiger partial charge is 0.242 e. The number of rotatable bonds is 6. The lowest BCUT2D eigenvalue weighted by Gasteiger charge is -2.31. The zero-order chi connectivity index (χ0) is 21.8. The lowest BCUT2D eigenvalue weighted by atomic mass is 10.0. The minimum atomic E-state index is -0.729. The van der Waals surface area contributed by atoms with Crippen molar-refractivity contribution in [2.75, 3.05) is 0 Å². The van der Waals surface area contributed by atoms with E-state index >= 15 is 0 Å². The molecule has 0 saturated carbocycles. The Bertz CT molecular complexity index is 887. The highest BCUT2D eigenvalue weighted by molar-refractivity contribution is 5.88. The third kappa shape index (κ3) is 6.41. The molecule has 2 rings (SSSR count). The fourth-order valence-corrected chi connectivity index (χ4v) is 3.06.